The number of aromatic hydroxyl groups is 1. The molecular weight excluding hydrogens is 549 g/mol. The summed E-state index contributed by atoms with van der Waals surface area (Å²) < 4.78 is 6.17. The first-order valence-electron chi connectivity index (χ1n) is 14.7. The van der Waals surface area contributed by atoms with Crippen LogP contribution in [0.3, 0.4) is 0 Å². The molecule has 0 spiro atoms. The fraction of sp³-hybridized carbons (Fsp3) is 0.657. The number of phenols is 1. The number of hydrogen-bond acceptors (Lipinski definition) is 6. The summed E-state index contributed by atoms with van der Waals surface area (Å²) in [6, 6.07) is 8.85. The van der Waals surface area contributed by atoms with Crippen LogP contribution in [-0.4, -0.2) is 38.7 Å². The lowest BCUT2D eigenvalue weighted by Crippen LogP contribution is -2.22. The van der Waals surface area contributed by atoms with Gasteiger partial charge in [0.05, 0.1) is 23.4 Å². The maximum atomic E-state index is 11.2. The molecule has 0 saturated heterocycles. The van der Waals surface area contributed by atoms with Crippen molar-refractivity contribution in [3.63, 3.8) is 0 Å². The second-order valence-corrected chi connectivity index (χ2v) is 19.4. The lowest BCUT2D eigenvalue weighted by molar-refractivity contribution is 0.0749. The number of phenolic OH excluding ortho intramolecular Hbond substituents is 1. The minimum absolute atomic E-state index is 0.154. The Hall–Kier alpha value is -1.34. The number of benzene rings is 2. The van der Waals surface area contributed by atoms with Crippen LogP contribution in [0.5, 0.6) is 11.5 Å². The van der Waals surface area contributed by atoms with E-state index in [2.05, 4.69) is 121 Å². The molecule has 0 bridgehead atoms. The topological polar surface area (TPSA) is 69.9 Å². The number of rotatable bonds is 9. The Morgan fingerprint density at radius 3 is 1.29 bits per heavy atom. The van der Waals surface area contributed by atoms with E-state index in [-0.39, 0.29) is 32.3 Å². The SMILES string of the molecule is CC(C)(Sc1cc(C(C)(C)C)c(O)c(C(C)(C)C)c1)Sc1cc(C(C)(C)C)c(OCCC(O)CO)c(C(C)(C)C)c1. The molecule has 0 aromatic heterocycles. The van der Waals surface area contributed by atoms with E-state index in [1.54, 1.807) is 0 Å². The summed E-state index contributed by atoms with van der Waals surface area (Å²) in [5.41, 5.74) is 3.58. The summed E-state index contributed by atoms with van der Waals surface area (Å²) in [6.07, 6.45) is -0.403. The van der Waals surface area contributed by atoms with Gasteiger partial charge in [-0.15, -0.1) is 23.5 Å². The average Bonchev–Trinajstić information content (AvgIpc) is 2.77. The maximum absolute atomic E-state index is 11.2. The van der Waals surface area contributed by atoms with Crippen LogP contribution in [0.4, 0.5) is 0 Å². The second kappa shape index (κ2) is 12.7. The van der Waals surface area contributed by atoms with Gasteiger partial charge in [-0.25, -0.2) is 0 Å². The maximum Gasteiger partial charge on any atom is 0.126 e. The van der Waals surface area contributed by atoms with Gasteiger partial charge < -0.3 is 20.1 Å². The molecule has 232 valence electrons. The zero-order chi connectivity index (χ0) is 31.8. The summed E-state index contributed by atoms with van der Waals surface area (Å²) >= 11 is 3.67. The minimum Gasteiger partial charge on any atom is -0.507 e. The van der Waals surface area contributed by atoms with E-state index in [4.69, 9.17) is 4.74 Å². The van der Waals surface area contributed by atoms with Gasteiger partial charge in [0.1, 0.15) is 11.5 Å². The summed E-state index contributed by atoms with van der Waals surface area (Å²) in [7, 11) is 0. The molecule has 2 rings (SSSR count). The van der Waals surface area contributed by atoms with Crippen molar-refractivity contribution < 1.29 is 20.1 Å². The molecule has 41 heavy (non-hydrogen) atoms. The Balaban J connectivity index is 2.57. The van der Waals surface area contributed by atoms with Crippen molar-refractivity contribution in [1.29, 1.82) is 0 Å². The molecule has 0 radical (unpaired) electrons. The molecule has 0 saturated carbocycles. The fourth-order valence-electron chi connectivity index (χ4n) is 4.72. The number of aliphatic hydroxyl groups is 2. The van der Waals surface area contributed by atoms with Gasteiger partial charge in [-0.3, -0.25) is 0 Å². The lowest BCUT2D eigenvalue weighted by atomic mass is 9.79. The molecule has 4 nitrogen and oxygen atoms in total. The first-order chi connectivity index (χ1) is 18.4. The molecule has 2 aromatic carbocycles. The molecule has 0 fully saturated rings. The van der Waals surface area contributed by atoms with Crippen LogP contribution >= 0.6 is 23.5 Å². The normalized spacial score (nSPS) is 14.3. The van der Waals surface area contributed by atoms with Crippen LogP contribution in [0, 0.1) is 0 Å². The van der Waals surface area contributed by atoms with Gasteiger partial charge in [-0.1, -0.05) is 83.1 Å². The zero-order valence-corrected chi connectivity index (χ0v) is 29.7. The molecule has 0 aliphatic rings. The van der Waals surface area contributed by atoms with Crippen LogP contribution in [0.15, 0.2) is 34.1 Å². The predicted octanol–water partition coefficient (Wildman–Crippen LogP) is 9.32. The van der Waals surface area contributed by atoms with Crippen LogP contribution in [0.2, 0.25) is 0 Å². The second-order valence-electron chi connectivity index (χ2n) is 15.8. The van der Waals surface area contributed by atoms with Gasteiger partial charge in [0.2, 0.25) is 0 Å². The van der Waals surface area contributed by atoms with Gasteiger partial charge in [0.25, 0.3) is 0 Å². The molecule has 0 heterocycles. The first-order valence-corrected chi connectivity index (χ1v) is 16.4. The van der Waals surface area contributed by atoms with Crippen molar-refractivity contribution in [1.82, 2.24) is 0 Å². The molecule has 1 unspecified atom stereocenters. The van der Waals surface area contributed by atoms with Crippen LogP contribution in [-0.2, 0) is 21.7 Å². The zero-order valence-electron chi connectivity index (χ0n) is 28.1. The van der Waals surface area contributed by atoms with Crippen molar-refractivity contribution in [3.05, 3.63) is 46.5 Å². The summed E-state index contributed by atoms with van der Waals surface area (Å²) in [4.78, 5) is 2.34. The molecule has 3 N–H and O–H groups in total. The Morgan fingerprint density at radius 1 is 0.634 bits per heavy atom. The van der Waals surface area contributed by atoms with Crippen molar-refractivity contribution >= 4 is 23.5 Å². The highest BCUT2D eigenvalue weighted by molar-refractivity contribution is 8.18. The van der Waals surface area contributed by atoms with Crippen LogP contribution in [0.25, 0.3) is 0 Å². The van der Waals surface area contributed by atoms with Gasteiger partial charge in [0.15, 0.2) is 0 Å². The number of thioether (sulfide) groups is 2. The third-order valence-corrected chi connectivity index (χ3v) is 9.44. The van der Waals surface area contributed by atoms with Crippen molar-refractivity contribution in [2.24, 2.45) is 0 Å². The fourth-order valence-corrected chi connectivity index (χ4v) is 7.30. The van der Waals surface area contributed by atoms with Gasteiger partial charge in [0, 0.05) is 38.5 Å². The number of aliphatic hydroxyl groups excluding tert-OH is 2. The highest BCUT2D eigenvalue weighted by Gasteiger charge is 2.32. The van der Waals surface area contributed by atoms with Gasteiger partial charge in [-0.05, 0) is 59.8 Å². The molecule has 0 amide bonds. The minimum atomic E-state index is -0.781. The number of ether oxygens (including phenoxy) is 1. The molecule has 6 heteroatoms. The predicted molar refractivity (Wildman–Crippen MR) is 178 cm³/mol. The Morgan fingerprint density at radius 2 is 0.976 bits per heavy atom. The Kier molecular flexibility index (Phi) is 11.1. The van der Waals surface area contributed by atoms with E-state index >= 15 is 0 Å². The number of hydrogen-bond donors (Lipinski definition) is 3. The smallest absolute Gasteiger partial charge is 0.126 e. The summed E-state index contributed by atoms with van der Waals surface area (Å²) in [5.74, 6) is 1.29. The third kappa shape index (κ3) is 9.84. The van der Waals surface area contributed by atoms with Crippen molar-refractivity contribution in [2.75, 3.05) is 13.2 Å². The molecule has 0 aliphatic carbocycles. The van der Waals surface area contributed by atoms with Gasteiger partial charge in [-0.2, -0.15) is 0 Å². The monoisotopic (exact) mass is 604 g/mol. The first kappa shape index (κ1) is 35.9. The highest BCUT2D eigenvalue weighted by Crippen LogP contribution is 2.51. The standard InChI is InChI=1S/C35H56O4S2/c1-31(2,3)25-17-23(18-26(29(25)38)32(4,5)6)40-35(13,14)41-24-19-27(33(7,8)9)30(28(20-24)34(10,11)12)39-16-15-22(37)21-36/h17-20,22,36-38H,15-16,21H2,1-14H3. The lowest BCUT2D eigenvalue weighted by Gasteiger charge is -2.33. The van der Waals surface area contributed by atoms with E-state index < -0.39 is 6.10 Å². The van der Waals surface area contributed by atoms with Crippen molar-refractivity contribution in [2.45, 2.75) is 145 Å². The summed E-state index contributed by atoms with van der Waals surface area (Å²) in [6.45, 7) is 30.7. The highest BCUT2D eigenvalue weighted by atomic mass is 32.2. The third-order valence-electron chi connectivity index (χ3n) is 7.01. The quantitative estimate of drug-likeness (QED) is 0.196. The Labute approximate surface area is 259 Å². The van der Waals surface area contributed by atoms with E-state index in [0.717, 1.165) is 32.9 Å². The van der Waals surface area contributed by atoms with E-state index in [1.807, 2.05) is 23.5 Å². The Bertz CT molecular complexity index is 1120. The van der Waals surface area contributed by atoms with Crippen LogP contribution in [0.1, 0.15) is 126 Å². The molecule has 2 aromatic rings. The van der Waals surface area contributed by atoms with Crippen molar-refractivity contribution in [3.8, 4) is 11.5 Å². The van der Waals surface area contributed by atoms with E-state index in [1.165, 1.54) is 4.90 Å². The summed E-state index contributed by atoms with van der Waals surface area (Å²) in [5, 5.41) is 30.3. The molecular formula is C35H56O4S2. The molecule has 1 atom stereocenters. The molecule has 0 aliphatic heterocycles. The van der Waals surface area contributed by atoms with E-state index in [9.17, 15) is 15.3 Å². The largest absolute Gasteiger partial charge is 0.507 e. The average molecular weight is 605 g/mol. The van der Waals surface area contributed by atoms with E-state index in [0.29, 0.717) is 18.8 Å². The van der Waals surface area contributed by atoms with Gasteiger partial charge >= 0.3 is 0 Å². The van der Waals surface area contributed by atoms with Crippen LogP contribution < -0.4 is 4.74 Å².